The molecule has 0 aromatic heterocycles. The first-order valence-corrected chi connectivity index (χ1v) is 17.8. The van der Waals surface area contributed by atoms with Crippen molar-refractivity contribution in [1.29, 1.82) is 0 Å². The Labute approximate surface area is 182 Å². The Hall–Kier alpha value is 0.697. The van der Waals surface area contributed by atoms with Gasteiger partial charge in [0.05, 0.1) is 13.4 Å². The van der Waals surface area contributed by atoms with Gasteiger partial charge in [0, 0.05) is 36.3 Å². The van der Waals surface area contributed by atoms with E-state index in [9.17, 15) is 0 Å². The summed E-state index contributed by atoms with van der Waals surface area (Å²) in [6.07, 6.45) is 0. The van der Waals surface area contributed by atoms with Crippen molar-refractivity contribution in [1.82, 2.24) is 14.2 Å². The zero-order chi connectivity index (χ0) is 22.6. The van der Waals surface area contributed by atoms with E-state index in [-0.39, 0.29) is 0 Å². The molecule has 0 N–H and O–H groups in total. The van der Waals surface area contributed by atoms with Gasteiger partial charge in [-0.2, -0.15) is 0 Å². The summed E-state index contributed by atoms with van der Waals surface area (Å²) in [6, 6.07) is 3.15. The van der Waals surface area contributed by atoms with Gasteiger partial charge in [0.2, 0.25) is 0 Å². The van der Waals surface area contributed by atoms with Crippen molar-refractivity contribution >= 4 is 28.9 Å². The SMILES string of the molecule is CC(C)N(C(=P[Si](C)(C)C)P(N(C(C)C)C(C)C)N(C(C)C)C(C)C)C(C)C. The minimum atomic E-state index is -1.31. The molecule has 0 bridgehead atoms. The first-order valence-electron chi connectivity index (χ1n) is 11.3. The summed E-state index contributed by atoms with van der Waals surface area (Å²) in [7, 11) is -0.263. The number of rotatable bonds is 11. The molecule has 0 fully saturated rings. The minimum Gasteiger partial charge on any atom is -0.264 e. The molecule has 0 spiro atoms. The standard InChI is InChI=1S/C22H51N3P2Si/c1-16(2)23(17(3)4)22(26-28(13,14)15)27(24(18(5)6)19(7)8)25(20(9)10)21(11)12/h16-21H,1-15H3. The molecule has 3 nitrogen and oxygen atoms in total. The van der Waals surface area contributed by atoms with Crippen molar-refractivity contribution in [3.05, 3.63) is 0 Å². The molecule has 0 rings (SSSR count). The molecule has 0 heterocycles. The third kappa shape index (κ3) is 8.44. The topological polar surface area (TPSA) is 9.72 Å². The molecule has 0 radical (unpaired) electrons. The van der Waals surface area contributed by atoms with Crippen molar-refractivity contribution in [3.63, 3.8) is 0 Å². The van der Waals surface area contributed by atoms with E-state index in [4.69, 9.17) is 0 Å². The second kappa shape index (κ2) is 11.9. The smallest absolute Gasteiger partial charge is 0.104 e. The monoisotopic (exact) mass is 447 g/mol. The van der Waals surface area contributed by atoms with Gasteiger partial charge < -0.3 is 0 Å². The van der Waals surface area contributed by atoms with Crippen LogP contribution >= 0.6 is 16.0 Å². The Morgan fingerprint density at radius 2 is 0.857 bits per heavy atom. The molecule has 0 aliphatic carbocycles. The van der Waals surface area contributed by atoms with E-state index in [0.717, 1.165) is 0 Å². The van der Waals surface area contributed by atoms with Crippen LogP contribution in [0, 0.1) is 0 Å². The van der Waals surface area contributed by atoms with Crippen LogP contribution in [0.5, 0.6) is 0 Å². The summed E-state index contributed by atoms with van der Waals surface area (Å²) in [6.45, 7) is 36.1. The maximum absolute atomic E-state index is 2.82. The zero-order valence-corrected chi connectivity index (χ0v) is 24.5. The number of hydrogen-bond acceptors (Lipinski definition) is 2. The fourth-order valence-corrected chi connectivity index (χ4v) is 14.8. The Morgan fingerprint density at radius 3 is 1.04 bits per heavy atom. The van der Waals surface area contributed by atoms with Crippen LogP contribution in [0.1, 0.15) is 83.1 Å². The van der Waals surface area contributed by atoms with Crippen molar-refractivity contribution in [2.24, 2.45) is 0 Å². The lowest BCUT2D eigenvalue weighted by Crippen LogP contribution is -2.50. The maximum Gasteiger partial charge on any atom is 0.104 e. The molecule has 6 heteroatoms. The van der Waals surface area contributed by atoms with Gasteiger partial charge in [0.1, 0.15) is 7.74 Å². The van der Waals surface area contributed by atoms with E-state index >= 15 is 0 Å². The molecule has 0 unspecified atom stereocenters. The van der Waals surface area contributed by atoms with E-state index in [0.29, 0.717) is 36.3 Å². The Morgan fingerprint density at radius 1 is 0.571 bits per heavy atom. The summed E-state index contributed by atoms with van der Waals surface area (Å²) < 4.78 is 5.63. The molecular weight excluding hydrogens is 396 g/mol. The predicted octanol–water partition coefficient (Wildman–Crippen LogP) is 7.52. The van der Waals surface area contributed by atoms with Gasteiger partial charge in [-0.15, -0.1) is 7.75 Å². The lowest BCUT2D eigenvalue weighted by Gasteiger charge is -2.51. The van der Waals surface area contributed by atoms with E-state index in [1.165, 1.54) is 0 Å². The van der Waals surface area contributed by atoms with Crippen LogP contribution in [-0.4, -0.2) is 63.4 Å². The molecule has 0 atom stereocenters. The molecular formula is C22H51N3P2Si. The highest BCUT2D eigenvalue weighted by atomic mass is 31.3. The molecule has 0 saturated heterocycles. The van der Waals surface area contributed by atoms with Crippen molar-refractivity contribution in [2.75, 3.05) is 0 Å². The number of hydrogen-bond donors (Lipinski definition) is 0. The van der Waals surface area contributed by atoms with Crippen LogP contribution in [-0.2, 0) is 0 Å². The molecule has 168 valence electrons. The summed E-state index contributed by atoms with van der Waals surface area (Å²) in [5.74, 6) is 0. The molecule has 28 heavy (non-hydrogen) atoms. The van der Waals surface area contributed by atoms with Gasteiger partial charge >= 0.3 is 0 Å². The molecule has 0 aromatic carbocycles. The highest BCUT2D eigenvalue weighted by Crippen LogP contribution is 2.55. The van der Waals surface area contributed by atoms with Crippen LogP contribution in [0.15, 0.2) is 0 Å². The van der Waals surface area contributed by atoms with Crippen LogP contribution in [0.25, 0.3) is 0 Å². The van der Waals surface area contributed by atoms with Crippen molar-refractivity contribution < 1.29 is 0 Å². The molecule has 0 amide bonds. The molecule has 0 aliphatic heterocycles. The largest absolute Gasteiger partial charge is 0.264 e. The second-order valence-corrected chi connectivity index (χ2v) is 22.6. The third-order valence-corrected chi connectivity index (χ3v) is 13.0. The maximum atomic E-state index is 2.82. The van der Waals surface area contributed by atoms with Gasteiger partial charge in [-0.05, 0) is 83.1 Å². The fourth-order valence-electron chi connectivity index (χ4n) is 3.96. The average Bonchev–Trinajstić information content (AvgIpc) is 2.41. The van der Waals surface area contributed by atoms with Crippen molar-refractivity contribution in [3.8, 4) is 0 Å². The van der Waals surface area contributed by atoms with Crippen molar-refractivity contribution in [2.45, 2.75) is 139 Å². The molecule has 0 aliphatic rings. The first kappa shape index (κ1) is 28.7. The normalized spacial score (nSPS) is 14.8. The summed E-state index contributed by atoms with van der Waals surface area (Å²) >= 11 is 0. The van der Waals surface area contributed by atoms with E-state index < -0.39 is 16.0 Å². The van der Waals surface area contributed by atoms with Crippen LogP contribution in [0.3, 0.4) is 0 Å². The van der Waals surface area contributed by atoms with E-state index in [1.807, 2.05) is 0 Å². The summed E-state index contributed by atoms with van der Waals surface area (Å²) in [5.41, 5.74) is 0. The average molecular weight is 448 g/mol. The Balaban J connectivity index is 6.97. The van der Waals surface area contributed by atoms with Gasteiger partial charge in [0.15, 0.2) is 0 Å². The second-order valence-electron chi connectivity index (χ2n) is 10.6. The zero-order valence-electron chi connectivity index (χ0n) is 21.7. The fraction of sp³-hybridized carbons (Fsp3) is 0.955. The predicted molar refractivity (Wildman–Crippen MR) is 139 cm³/mol. The molecule has 0 aromatic rings. The lowest BCUT2D eigenvalue weighted by molar-refractivity contribution is 0.253. The first-order chi connectivity index (χ1) is 12.5. The highest BCUT2D eigenvalue weighted by molar-refractivity contribution is 7.94. The summed E-state index contributed by atoms with van der Waals surface area (Å²) in [5, 5.41) is 1.68. The lowest BCUT2D eigenvalue weighted by atomic mass is 10.2. The quantitative estimate of drug-likeness (QED) is 0.239. The van der Waals surface area contributed by atoms with E-state index in [1.54, 1.807) is 12.9 Å². The van der Waals surface area contributed by atoms with Crippen LogP contribution in [0.4, 0.5) is 0 Å². The van der Waals surface area contributed by atoms with Gasteiger partial charge in [0.25, 0.3) is 0 Å². The van der Waals surface area contributed by atoms with E-state index in [2.05, 4.69) is 117 Å². The van der Waals surface area contributed by atoms with Gasteiger partial charge in [-0.25, -0.2) is 0 Å². The summed E-state index contributed by atoms with van der Waals surface area (Å²) in [4.78, 5) is 2.75. The van der Waals surface area contributed by atoms with Gasteiger partial charge in [-0.1, -0.05) is 19.6 Å². The highest BCUT2D eigenvalue weighted by Gasteiger charge is 2.40. The number of nitrogens with zero attached hydrogens (tertiary/aromatic N) is 3. The van der Waals surface area contributed by atoms with Crippen LogP contribution in [0.2, 0.25) is 19.6 Å². The minimum absolute atomic E-state index is 0.520. The van der Waals surface area contributed by atoms with Gasteiger partial charge in [-0.3, -0.25) is 14.2 Å². The third-order valence-electron chi connectivity index (χ3n) is 4.51. The Kier molecular flexibility index (Phi) is 12.2. The Bertz CT molecular complexity index is 439. The molecule has 0 saturated carbocycles. The van der Waals surface area contributed by atoms with Crippen LogP contribution < -0.4 is 0 Å².